The molecule has 1 aliphatic rings. The second-order valence-corrected chi connectivity index (χ2v) is 26.1. The molecule has 84 heavy (non-hydrogen) atoms. The van der Waals surface area contributed by atoms with Gasteiger partial charge in [-0.3, -0.25) is 47.9 Å². The molecular weight excluding hydrogens is 1070 g/mol. The molecule has 2 aromatic carbocycles. The summed E-state index contributed by atoms with van der Waals surface area (Å²) in [6.07, 6.45) is 0.827. The third-order valence-corrected chi connectivity index (χ3v) is 14.4. The predicted molar refractivity (Wildman–Crippen MR) is 326 cm³/mol. The molecular formula is C64H102N10O10. The first kappa shape index (κ1) is 71.4. The Morgan fingerprint density at radius 2 is 0.429 bits per heavy atom. The van der Waals surface area contributed by atoms with Crippen LogP contribution in [-0.4, -0.2) is 119 Å². The molecule has 3 rings (SSSR count). The lowest BCUT2D eigenvalue weighted by Crippen LogP contribution is -2.62. The van der Waals surface area contributed by atoms with Crippen LogP contribution in [0.1, 0.15) is 160 Å². The lowest BCUT2D eigenvalue weighted by molar-refractivity contribution is -0.137. The Morgan fingerprint density at radius 3 is 0.631 bits per heavy atom. The maximum absolute atomic E-state index is 14.7. The Bertz CT molecular complexity index is 2310. The predicted octanol–water partition coefficient (Wildman–Crippen LogP) is 4.92. The Morgan fingerprint density at radius 1 is 0.250 bits per heavy atom. The fraction of sp³-hybridized carbons (Fsp3) is 0.656. The second kappa shape index (κ2) is 34.8. The molecule has 0 unspecified atom stereocenters. The van der Waals surface area contributed by atoms with E-state index in [-0.39, 0.29) is 86.9 Å². The summed E-state index contributed by atoms with van der Waals surface area (Å²) in [6, 6.07) is 5.81. The van der Waals surface area contributed by atoms with Crippen LogP contribution < -0.4 is 53.2 Å². The average Bonchev–Trinajstić information content (AvgIpc) is 3.40. The summed E-state index contributed by atoms with van der Waals surface area (Å²) in [7, 11) is 0. The van der Waals surface area contributed by atoms with Crippen LogP contribution in [-0.2, 0) is 60.8 Å². The van der Waals surface area contributed by atoms with Crippen LogP contribution in [0.3, 0.4) is 0 Å². The summed E-state index contributed by atoms with van der Waals surface area (Å²) >= 11 is 0. The standard InChI is InChI=1S/C64H102N10O10/c1-35(2)27-45-55(75)67-49(31-39(9)10)61(81)73-53(41(13)14)63(83)72-48(30-38(7)8)58(78)70-52(34-44-25-21-18-22-26-44)60(80)66-46(28-36(3)4)56(76)68-50(32-40(11)12)62(82)74-54(42(15)16)64(84)71-47(29-37(5)6)57(77)69-51(59(79)65-45)33-43-23-19-17-20-24-43/h17-26,35-42,45-54H,27-34H2,1-16H3,(H,65,79)(H,66,80)(H,67,75)(H,68,76)(H,69,77)(H,70,78)(H,71,84)(H,72,83)(H,73,81)(H,74,82)/t45-,46-,47+,48+,49-,50-,51+,52+,53+,54+/m0/s1. The number of amides is 10. The smallest absolute Gasteiger partial charge is 0.243 e. The zero-order valence-corrected chi connectivity index (χ0v) is 52.9. The second-order valence-electron chi connectivity index (χ2n) is 26.1. The SMILES string of the molecule is CC(C)C[C@@H]1NC(=O)[C@H](CC(C)C)NC(=O)[C@@H](Cc2ccccc2)NC(=O)[C@@H](CC(C)C)NC(=O)[C@@H](C(C)C)NC(=O)[C@H](CC(C)C)NC(=O)[C@H](CC(C)C)NC(=O)[C@@H](Cc2ccccc2)NC(=O)[C@@H](CC(C)C)NC(=O)[C@@H](C(C)C)NC1=O. The molecule has 10 amide bonds. The van der Waals surface area contributed by atoms with E-state index in [1.807, 2.05) is 95.2 Å². The Balaban J connectivity index is 2.29. The Hall–Kier alpha value is -6.86. The van der Waals surface area contributed by atoms with Gasteiger partial charge in [0, 0.05) is 12.8 Å². The fourth-order valence-electron chi connectivity index (χ4n) is 10.1. The number of nitrogens with one attached hydrogen (secondary N) is 10. The topological polar surface area (TPSA) is 291 Å². The van der Waals surface area contributed by atoms with Gasteiger partial charge in [0.25, 0.3) is 0 Å². The van der Waals surface area contributed by atoms with Crippen molar-refractivity contribution in [3.63, 3.8) is 0 Å². The van der Waals surface area contributed by atoms with Gasteiger partial charge >= 0.3 is 0 Å². The molecule has 10 atom stereocenters. The van der Waals surface area contributed by atoms with Crippen LogP contribution in [0.15, 0.2) is 60.7 Å². The molecule has 0 saturated carbocycles. The molecule has 1 saturated heterocycles. The quantitative estimate of drug-likeness (QED) is 0.0961. The molecule has 468 valence electrons. The highest BCUT2D eigenvalue weighted by Crippen LogP contribution is 2.17. The summed E-state index contributed by atoms with van der Waals surface area (Å²) in [5, 5.41) is 28.6. The van der Waals surface area contributed by atoms with Crippen LogP contribution in [0.4, 0.5) is 0 Å². The van der Waals surface area contributed by atoms with Crippen LogP contribution in [0, 0.1) is 47.3 Å². The van der Waals surface area contributed by atoms with Gasteiger partial charge in [-0.05, 0) is 97.0 Å². The Kier molecular flexibility index (Phi) is 29.6. The number of carbonyl (C=O) groups is 10. The number of hydrogen-bond donors (Lipinski definition) is 10. The molecule has 0 aromatic heterocycles. The van der Waals surface area contributed by atoms with Gasteiger partial charge in [-0.2, -0.15) is 0 Å². The van der Waals surface area contributed by atoms with E-state index in [0.29, 0.717) is 11.1 Å². The minimum Gasteiger partial charge on any atom is -0.343 e. The summed E-state index contributed by atoms with van der Waals surface area (Å²) < 4.78 is 0. The van der Waals surface area contributed by atoms with Crippen molar-refractivity contribution in [2.24, 2.45) is 47.3 Å². The first-order valence-electron chi connectivity index (χ1n) is 30.5. The van der Waals surface area contributed by atoms with Crippen molar-refractivity contribution in [1.29, 1.82) is 0 Å². The van der Waals surface area contributed by atoms with E-state index in [1.165, 1.54) is 0 Å². The van der Waals surface area contributed by atoms with Crippen molar-refractivity contribution in [2.45, 2.75) is 223 Å². The van der Waals surface area contributed by atoms with E-state index in [4.69, 9.17) is 0 Å². The molecule has 1 aliphatic heterocycles. The summed E-state index contributed by atoms with van der Waals surface area (Å²) in [5.41, 5.74) is 1.38. The van der Waals surface area contributed by atoms with Crippen LogP contribution in [0.2, 0.25) is 0 Å². The molecule has 1 fully saturated rings. The molecule has 20 heteroatoms. The zero-order chi connectivity index (χ0) is 63.1. The monoisotopic (exact) mass is 1170 g/mol. The minimum absolute atomic E-state index is 0.00287. The lowest BCUT2D eigenvalue weighted by Gasteiger charge is -2.31. The first-order valence-corrected chi connectivity index (χ1v) is 30.5. The summed E-state index contributed by atoms with van der Waals surface area (Å²) in [4.78, 5) is 146. The third-order valence-electron chi connectivity index (χ3n) is 14.4. The van der Waals surface area contributed by atoms with Gasteiger partial charge in [-0.25, -0.2) is 0 Å². The van der Waals surface area contributed by atoms with Crippen LogP contribution in [0.25, 0.3) is 0 Å². The van der Waals surface area contributed by atoms with E-state index in [9.17, 15) is 47.9 Å². The van der Waals surface area contributed by atoms with E-state index < -0.39 is 131 Å². The third kappa shape index (κ3) is 24.8. The fourth-order valence-corrected chi connectivity index (χ4v) is 10.1. The highest BCUT2D eigenvalue weighted by Gasteiger charge is 2.39. The molecule has 20 nitrogen and oxygen atoms in total. The van der Waals surface area contributed by atoms with Gasteiger partial charge in [0.2, 0.25) is 59.1 Å². The van der Waals surface area contributed by atoms with E-state index >= 15 is 0 Å². The van der Waals surface area contributed by atoms with Gasteiger partial charge < -0.3 is 53.2 Å². The first-order chi connectivity index (χ1) is 39.3. The van der Waals surface area contributed by atoms with Crippen LogP contribution in [0.5, 0.6) is 0 Å². The lowest BCUT2D eigenvalue weighted by atomic mass is 9.96. The van der Waals surface area contributed by atoms with E-state index in [1.54, 1.807) is 76.2 Å². The van der Waals surface area contributed by atoms with Crippen molar-refractivity contribution >= 4 is 59.1 Å². The molecule has 2 aromatic rings. The van der Waals surface area contributed by atoms with Crippen molar-refractivity contribution in [3.8, 4) is 0 Å². The zero-order valence-electron chi connectivity index (χ0n) is 52.9. The molecule has 0 aliphatic carbocycles. The highest BCUT2D eigenvalue weighted by molar-refractivity contribution is 5.99. The number of rotatable bonds is 18. The van der Waals surface area contributed by atoms with Gasteiger partial charge in [0.05, 0.1) is 0 Å². The highest BCUT2D eigenvalue weighted by atomic mass is 16.2. The maximum atomic E-state index is 14.7. The molecule has 10 N–H and O–H groups in total. The van der Waals surface area contributed by atoms with Gasteiger partial charge in [-0.1, -0.05) is 171 Å². The summed E-state index contributed by atoms with van der Waals surface area (Å²) in [6.45, 7) is 29.4. The van der Waals surface area contributed by atoms with Crippen molar-refractivity contribution in [3.05, 3.63) is 71.8 Å². The molecule has 1 heterocycles. The van der Waals surface area contributed by atoms with Gasteiger partial charge in [-0.15, -0.1) is 0 Å². The Labute approximate surface area is 500 Å². The average molecular weight is 1170 g/mol. The maximum Gasteiger partial charge on any atom is 0.243 e. The summed E-state index contributed by atoms with van der Waals surface area (Å²) in [5.74, 6) is -8.73. The van der Waals surface area contributed by atoms with Gasteiger partial charge in [0.15, 0.2) is 0 Å². The number of carbonyl (C=O) groups excluding carboxylic acids is 10. The van der Waals surface area contributed by atoms with E-state index in [2.05, 4.69) is 53.2 Å². The van der Waals surface area contributed by atoms with Crippen molar-refractivity contribution in [2.75, 3.05) is 0 Å². The molecule has 0 spiro atoms. The van der Waals surface area contributed by atoms with E-state index in [0.717, 1.165) is 0 Å². The minimum atomic E-state index is -1.27. The number of hydrogen-bond acceptors (Lipinski definition) is 10. The van der Waals surface area contributed by atoms with Crippen molar-refractivity contribution < 1.29 is 47.9 Å². The largest absolute Gasteiger partial charge is 0.343 e. The molecule has 0 bridgehead atoms. The van der Waals surface area contributed by atoms with Crippen molar-refractivity contribution in [1.82, 2.24) is 53.2 Å². The van der Waals surface area contributed by atoms with Crippen LogP contribution >= 0.6 is 0 Å². The van der Waals surface area contributed by atoms with Gasteiger partial charge in [0.1, 0.15) is 60.4 Å². The molecule has 0 radical (unpaired) electrons. The normalized spacial score (nSPS) is 25.0. The number of benzene rings is 2.